The van der Waals surface area contributed by atoms with Gasteiger partial charge in [-0.15, -0.1) is 0 Å². The molecule has 0 aromatic rings. The van der Waals surface area contributed by atoms with Crippen molar-refractivity contribution >= 4 is 5.78 Å². The average Bonchev–Trinajstić information content (AvgIpc) is 2.13. The molecule has 1 unspecified atom stereocenters. The molecule has 0 heterocycles. The van der Waals surface area contributed by atoms with Crippen LogP contribution in [0.3, 0.4) is 0 Å². The Hall–Kier alpha value is -0.590. The maximum atomic E-state index is 11.7. The molecule has 1 nitrogen and oxygen atoms in total. The lowest BCUT2D eigenvalue weighted by Crippen LogP contribution is -2.22. The molecule has 1 aliphatic carbocycles. The summed E-state index contributed by atoms with van der Waals surface area (Å²) in [6.45, 7) is 6.59. The van der Waals surface area contributed by atoms with Crippen molar-refractivity contribution in [3.8, 4) is 0 Å². The Bertz CT molecular complexity index is 261. The molecule has 0 radical (unpaired) electrons. The fourth-order valence-corrected chi connectivity index (χ4v) is 2.63. The molecule has 1 heteroatoms. The molecule has 0 aromatic heterocycles. The number of hydrogen-bond donors (Lipinski definition) is 0. The van der Waals surface area contributed by atoms with E-state index in [0.717, 1.165) is 25.7 Å². The van der Waals surface area contributed by atoms with E-state index in [1.54, 1.807) is 0 Å². The van der Waals surface area contributed by atoms with E-state index in [2.05, 4.69) is 26.8 Å². The van der Waals surface area contributed by atoms with E-state index in [9.17, 15) is 4.79 Å². The average molecular weight is 222 g/mol. The Morgan fingerprint density at radius 3 is 2.75 bits per heavy atom. The van der Waals surface area contributed by atoms with Crippen LogP contribution in [0.1, 0.15) is 72.1 Å². The highest BCUT2D eigenvalue weighted by atomic mass is 16.1. The molecule has 1 fully saturated rings. The van der Waals surface area contributed by atoms with Crippen LogP contribution in [0.2, 0.25) is 0 Å². The first-order valence-corrected chi connectivity index (χ1v) is 6.67. The second-order valence-corrected chi connectivity index (χ2v) is 5.91. The second-order valence-electron chi connectivity index (χ2n) is 5.91. The molecular formula is C15H26O. The van der Waals surface area contributed by atoms with Crippen LogP contribution in [0.5, 0.6) is 0 Å². The fourth-order valence-electron chi connectivity index (χ4n) is 2.63. The van der Waals surface area contributed by atoms with Crippen molar-refractivity contribution in [1.29, 1.82) is 0 Å². The zero-order chi connectivity index (χ0) is 12.0. The highest BCUT2D eigenvalue weighted by molar-refractivity contribution is 5.79. The maximum absolute atomic E-state index is 11.7. The highest BCUT2D eigenvalue weighted by Crippen LogP contribution is 2.36. The van der Waals surface area contributed by atoms with Crippen molar-refractivity contribution in [2.24, 2.45) is 5.41 Å². The molecule has 1 aliphatic rings. The maximum Gasteiger partial charge on any atom is 0.133 e. The van der Waals surface area contributed by atoms with Gasteiger partial charge in [0.25, 0.3) is 0 Å². The standard InChI is InChI=1S/C15H26O/c1-13(2)8-7-11-15(3)10-6-4-5-9-14(16)12-15/h8H,4-7,9-12H2,1-3H3. The Morgan fingerprint density at radius 2 is 2.06 bits per heavy atom. The molecule has 92 valence electrons. The zero-order valence-corrected chi connectivity index (χ0v) is 11.1. The van der Waals surface area contributed by atoms with Crippen LogP contribution in [0.15, 0.2) is 11.6 Å². The largest absolute Gasteiger partial charge is 0.300 e. The van der Waals surface area contributed by atoms with Gasteiger partial charge in [0.15, 0.2) is 0 Å². The van der Waals surface area contributed by atoms with Crippen LogP contribution in [0, 0.1) is 5.41 Å². The number of carbonyl (C=O) groups excluding carboxylic acids is 1. The van der Waals surface area contributed by atoms with Gasteiger partial charge in [-0.1, -0.05) is 31.4 Å². The summed E-state index contributed by atoms with van der Waals surface area (Å²) in [5, 5.41) is 0. The van der Waals surface area contributed by atoms with E-state index in [1.807, 2.05) is 0 Å². The number of hydrogen-bond acceptors (Lipinski definition) is 1. The van der Waals surface area contributed by atoms with Crippen LogP contribution in [0.4, 0.5) is 0 Å². The summed E-state index contributed by atoms with van der Waals surface area (Å²) in [6, 6.07) is 0. The Balaban J connectivity index is 2.50. The molecule has 1 rings (SSSR count). The second kappa shape index (κ2) is 6.22. The van der Waals surface area contributed by atoms with E-state index < -0.39 is 0 Å². The molecular weight excluding hydrogens is 196 g/mol. The summed E-state index contributed by atoms with van der Waals surface area (Å²) < 4.78 is 0. The van der Waals surface area contributed by atoms with Gasteiger partial charge >= 0.3 is 0 Å². The molecule has 16 heavy (non-hydrogen) atoms. The van der Waals surface area contributed by atoms with Gasteiger partial charge in [0.1, 0.15) is 5.78 Å². The summed E-state index contributed by atoms with van der Waals surface area (Å²) in [6.07, 6.45) is 11.1. The van der Waals surface area contributed by atoms with Crippen LogP contribution in [0.25, 0.3) is 0 Å². The number of carbonyl (C=O) groups is 1. The SMILES string of the molecule is CC(C)=CCCC1(C)CCCCCC(=O)C1. The number of allylic oxidation sites excluding steroid dienone is 2. The van der Waals surface area contributed by atoms with Gasteiger partial charge < -0.3 is 0 Å². The summed E-state index contributed by atoms with van der Waals surface area (Å²) in [5.41, 5.74) is 1.66. The summed E-state index contributed by atoms with van der Waals surface area (Å²) in [4.78, 5) is 11.7. The lowest BCUT2D eigenvalue weighted by Gasteiger charge is -2.30. The fraction of sp³-hybridized carbons (Fsp3) is 0.800. The molecule has 1 saturated carbocycles. The molecule has 0 amide bonds. The first-order valence-electron chi connectivity index (χ1n) is 6.67. The van der Waals surface area contributed by atoms with Crippen molar-refractivity contribution in [3.63, 3.8) is 0 Å². The Kier molecular flexibility index (Phi) is 5.24. The zero-order valence-electron chi connectivity index (χ0n) is 11.1. The Morgan fingerprint density at radius 1 is 1.31 bits per heavy atom. The van der Waals surface area contributed by atoms with Crippen LogP contribution >= 0.6 is 0 Å². The molecule has 0 aliphatic heterocycles. The van der Waals surface area contributed by atoms with Crippen LogP contribution in [-0.2, 0) is 4.79 Å². The van der Waals surface area contributed by atoms with E-state index in [1.165, 1.54) is 31.3 Å². The molecule has 0 bridgehead atoms. The third kappa shape index (κ3) is 4.96. The van der Waals surface area contributed by atoms with E-state index in [4.69, 9.17) is 0 Å². The first kappa shape index (κ1) is 13.5. The summed E-state index contributed by atoms with van der Waals surface area (Å²) in [5.74, 6) is 0.486. The number of ketones is 1. The minimum atomic E-state index is 0.267. The van der Waals surface area contributed by atoms with Crippen molar-refractivity contribution < 1.29 is 4.79 Å². The smallest absolute Gasteiger partial charge is 0.133 e. The van der Waals surface area contributed by atoms with Gasteiger partial charge in [-0.25, -0.2) is 0 Å². The molecule has 0 aromatic carbocycles. The Labute approximate surface area is 100 Å². The third-order valence-electron chi connectivity index (χ3n) is 3.66. The number of Topliss-reactive ketones (excluding diaryl/α,β-unsaturated/α-hetero) is 1. The van der Waals surface area contributed by atoms with Crippen molar-refractivity contribution in [3.05, 3.63) is 11.6 Å². The van der Waals surface area contributed by atoms with Crippen molar-refractivity contribution in [1.82, 2.24) is 0 Å². The van der Waals surface area contributed by atoms with Gasteiger partial charge in [0.05, 0.1) is 0 Å². The predicted molar refractivity (Wildman–Crippen MR) is 69.5 cm³/mol. The minimum absolute atomic E-state index is 0.267. The van der Waals surface area contributed by atoms with Gasteiger partial charge in [0.2, 0.25) is 0 Å². The van der Waals surface area contributed by atoms with Gasteiger partial charge in [-0.2, -0.15) is 0 Å². The summed E-state index contributed by atoms with van der Waals surface area (Å²) >= 11 is 0. The minimum Gasteiger partial charge on any atom is -0.300 e. The van der Waals surface area contributed by atoms with Gasteiger partial charge in [-0.3, -0.25) is 4.79 Å². The van der Waals surface area contributed by atoms with Crippen molar-refractivity contribution in [2.45, 2.75) is 72.1 Å². The molecule has 0 N–H and O–H groups in total. The van der Waals surface area contributed by atoms with Crippen molar-refractivity contribution in [2.75, 3.05) is 0 Å². The molecule has 0 saturated heterocycles. The lowest BCUT2D eigenvalue weighted by molar-refractivity contribution is -0.121. The van der Waals surface area contributed by atoms with Gasteiger partial charge in [0, 0.05) is 12.8 Å². The topological polar surface area (TPSA) is 17.1 Å². The lowest BCUT2D eigenvalue weighted by atomic mass is 9.74. The van der Waals surface area contributed by atoms with Gasteiger partial charge in [-0.05, 0) is 44.9 Å². The first-order chi connectivity index (χ1) is 7.52. The van der Waals surface area contributed by atoms with Crippen LogP contribution < -0.4 is 0 Å². The predicted octanol–water partition coefficient (Wildman–Crippen LogP) is 4.66. The van der Waals surface area contributed by atoms with E-state index >= 15 is 0 Å². The monoisotopic (exact) mass is 222 g/mol. The summed E-state index contributed by atoms with van der Waals surface area (Å²) in [7, 11) is 0. The number of rotatable bonds is 3. The van der Waals surface area contributed by atoms with E-state index in [-0.39, 0.29) is 5.41 Å². The highest BCUT2D eigenvalue weighted by Gasteiger charge is 2.27. The normalized spacial score (nSPS) is 27.1. The van der Waals surface area contributed by atoms with Crippen LogP contribution in [-0.4, -0.2) is 5.78 Å². The quantitative estimate of drug-likeness (QED) is 0.635. The third-order valence-corrected chi connectivity index (χ3v) is 3.66. The molecule has 1 atom stereocenters. The molecule has 0 spiro atoms. The van der Waals surface area contributed by atoms with E-state index in [0.29, 0.717) is 5.78 Å².